The number of aliphatic hydroxyl groups excluding tert-OH is 1. The third kappa shape index (κ3) is 1.65. The molecule has 3 saturated heterocycles. The third-order valence-corrected chi connectivity index (χ3v) is 4.47. The maximum atomic E-state index is 10.2. The summed E-state index contributed by atoms with van der Waals surface area (Å²) >= 11 is 1.75. The molecule has 1 atom stereocenters. The van der Waals surface area contributed by atoms with Crippen LogP contribution in [0.3, 0.4) is 0 Å². The highest BCUT2D eigenvalue weighted by Crippen LogP contribution is 2.25. The molecule has 0 spiro atoms. The average molecular weight is 222 g/mol. The third-order valence-electron chi connectivity index (χ3n) is 3.65. The molecule has 2 N–H and O–H groups in total. The number of hydrogen-bond acceptors (Lipinski definition) is 2. The Labute approximate surface area is 93.8 Å². The minimum absolute atomic E-state index is 0.190. The molecule has 3 fully saturated rings. The van der Waals surface area contributed by atoms with Crippen LogP contribution in [0.25, 0.3) is 6.08 Å². The molecule has 1 aromatic heterocycles. The highest BCUT2D eigenvalue weighted by atomic mass is 32.1. The summed E-state index contributed by atoms with van der Waals surface area (Å²) in [6, 6.07) is 4.18. The smallest absolute Gasteiger partial charge is 0.138 e. The zero-order valence-electron chi connectivity index (χ0n) is 8.65. The standard InChI is InChI=1S/C12H15NOS/c14-12-9-3-5-13(6-4-9)11(12)8-10-2-1-7-15-10/h1-2,7-9,12,14H,3-6H2/p+1/b11-8-/t12-/m1/s1. The quantitative estimate of drug-likeness (QED) is 0.720. The first-order valence-electron chi connectivity index (χ1n) is 5.63. The lowest BCUT2D eigenvalue weighted by molar-refractivity contribution is -0.880. The average Bonchev–Trinajstić information content (AvgIpc) is 2.77. The Morgan fingerprint density at radius 1 is 1.40 bits per heavy atom. The second-order valence-electron chi connectivity index (χ2n) is 4.50. The van der Waals surface area contributed by atoms with Crippen molar-refractivity contribution >= 4 is 17.4 Å². The van der Waals surface area contributed by atoms with E-state index in [9.17, 15) is 5.11 Å². The fraction of sp³-hybridized carbons (Fsp3) is 0.500. The van der Waals surface area contributed by atoms with E-state index < -0.39 is 0 Å². The summed E-state index contributed by atoms with van der Waals surface area (Å²) in [5.74, 6) is 0.522. The maximum absolute atomic E-state index is 10.2. The number of thiophene rings is 1. The first kappa shape index (κ1) is 9.58. The van der Waals surface area contributed by atoms with Gasteiger partial charge in [0.05, 0.1) is 13.1 Å². The van der Waals surface area contributed by atoms with Gasteiger partial charge in [0.2, 0.25) is 0 Å². The van der Waals surface area contributed by atoms with Crippen molar-refractivity contribution < 1.29 is 10.0 Å². The van der Waals surface area contributed by atoms with Crippen molar-refractivity contribution in [3.63, 3.8) is 0 Å². The Kier molecular flexibility index (Phi) is 2.39. The highest BCUT2D eigenvalue weighted by molar-refractivity contribution is 7.10. The van der Waals surface area contributed by atoms with Gasteiger partial charge in [-0.1, -0.05) is 6.07 Å². The van der Waals surface area contributed by atoms with E-state index in [1.54, 1.807) is 11.3 Å². The Hall–Kier alpha value is -0.640. The largest absolute Gasteiger partial charge is 0.383 e. The van der Waals surface area contributed by atoms with Crippen LogP contribution in [0.1, 0.15) is 17.7 Å². The summed E-state index contributed by atoms with van der Waals surface area (Å²) in [5, 5.41) is 12.3. The van der Waals surface area contributed by atoms with Crippen molar-refractivity contribution in [2.75, 3.05) is 13.1 Å². The monoisotopic (exact) mass is 222 g/mol. The fourth-order valence-electron chi connectivity index (χ4n) is 2.77. The molecule has 3 aliphatic heterocycles. The summed E-state index contributed by atoms with van der Waals surface area (Å²) in [6.45, 7) is 2.41. The number of hydrogen-bond donors (Lipinski definition) is 2. The lowest BCUT2D eigenvalue weighted by atomic mass is 9.83. The van der Waals surface area contributed by atoms with E-state index in [4.69, 9.17) is 0 Å². The van der Waals surface area contributed by atoms with Crippen LogP contribution in [0.2, 0.25) is 0 Å². The second-order valence-corrected chi connectivity index (χ2v) is 5.48. The van der Waals surface area contributed by atoms with Crippen LogP contribution in [0.15, 0.2) is 23.2 Å². The molecule has 4 rings (SSSR count). The Morgan fingerprint density at radius 3 is 2.80 bits per heavy atom. The Bertz CT molecular complexity index is 359. The molecule has 15 heavy (non-hydrogen) atoms. The van der Waals surface area contributed by atoms with Crippen molar-refractivity contribution in [1.82, 2.24) is 0 Å². The van der Waals surface area contributed by atoms with Crippen molar-refractivity contribution in [1.29, 1.82) is 0 Å². The topological polar surface area (TPSA) is 24.7 Å². The molecule has 0 aromatic carbocycles. The number of fused-ring (bicyclic) bond motifs is 3. The van der Waals surface area contributed by atoms with Crippen LogP contribution >= 0.6 is 11.3 Å². The van der Waals surface area contributed by atoms with Gasteiger partial charge in [0.25, 0.3) is 0 Å². The highest BCUT2D eigenvalue weighted by Gasteiger charge is 2.41. The zero-order valence-corrected chi connectivity index (χ0v) is 9.46. The molecular weight excluding hydrogens is 206 g/mol. The van der Waals surface area contributed by atoms with E-state index >= 15 is 0 Å². The molecule has 2 bridgehead atoms. The van der Waals surface area contributed by atoms with Crippen molar-refractivity contribution in [3.05, 3.63) is 28.1 Å². The lowest BCUT2D eigenvalue weighted by Crippen LogP contribution is -3.14. The van der Waals surface area contributed by atoms with E-state index in [0.29, 0.717) is 5.92 Å². The molecule has 1 aromatic rings. The van der Waals surface area contributed by atoms with Crippen LogP contribution in [0.4, 0.5) is 0 Å². The van der Waals surface area contributed by atoms with Crippen molar-refractivity contribution in [3.8, 4) is 0 Å². The van der Waals surface area contributed by atoms with Crippen LogP contribution in [0, 0.1) is 5.92 Å². The Balaban J connectivity index is 1.92. The molecule has 4 heterocycles. The molecule has 3 aliphatic rings. The Morgan fingerprint density at radius 2 is 2.20 bits per heavy atom. The van der Waals surface area contributed by atoms with Crippen LogP contribution < -0.4 is 4.90 Å². The SMILES string of the molecule is O[C@H]1/C(=C/c2cccs2)[NH+]2CCC1CC2. The first-order valence-corrected chi connectivity index (χ1v) is 6.51. The minimum Gasteiger partial charge on any atom is -0.383 e. The van der Waals surface area contributed by atoms with E-state index in [1.807, 2.05) is 0 Å². The fourth-order valence-corrected chi connectivity index (χ4v) is 3.44. The molecular formula is C12H16NOS+. The number of quaternary nitrogens is 1. The van der Waals surface area contributed by atoms with Crippen molar-refractivity contribution in [2.24, 2.45) is 5.92 Å². The normalized spacial score (nSPS) is 37.4. The summed E-state index contributed by atoms with van der Waals surface area (Å²) in [7, 11) is 0. The van der Waals surface area contributed by atoms with Gasteiger partial charge in [0.1, 0.15) is 11.8 Å². The van der Waals surface area contributed by atoms with Gasteiger partial charge >= 0.3 is 0 Å². The molecule has 0 radical (unpaired) electrons. The molecule has 2 nitrogen and oxygen atoms in total. The summed E-state index contributed by atoms with van der Waals surface area (Å²) in [4.78, 5) is 2.77. The summed E-state index contributed by atoms with van der Waals surface area (Å²) < 4.78 is 0. The predicted molar refractivity (Wildman–Crippen MR) is 61.7 cm³/mol. The van der Waals surface area contributed by atoms with Crippen LogP contribution in [0.5, 0.6) is 0 Å². The van der Waals surface area contributed by atoms with Gasteiger partial charge in [-0.3, -0.25) is 0 Å². The second kappa shape index (κ2) is 3.74. The summed E-state index contributed by atoms with van der Waals surface area (Å²) in [5.41, 5.74) is 1.22. The van der Waals surface area contributed by atoms with E-state index in [2.05, 4.69) is 23.6 Å². The number of rotatable bonds is 1. The van der Waals surface area contributed by atoms with Crippen LogP contribution in [-0.4, -0.2) is 24.3 Å². The van der Waals surface area contributed by atoms with Crippen molar-refractivity contribution in [2.45, 2.75) is 18.9 Å². The summed E-state index contributed by atoms with van der Waals surface area (Å²) in [6.07, 6.45) is 4.39. The van der Waals surface area contributed by atoms with Gasteiger partial charge in [-0.15, -0.1) is 11.3 Å². The van der Waals surface area contributed by atoms with E-state index in [0.717, 1.165) is 0 Å². The molecule has 3 heteroatoms. The zero-order chi connectivity index (χ0) is 10.3. The predicted octanol–water partition coefficient (Wildman–Crippen LogP) is 0.758. The van der Waals surface area contributed by atoms with Gasteiger partial charge in [0.15, 0.2) is 0 Å². The van der Waals surface area contributed by atoms with Crippen LogP contribution in [-0.2, 0) is 0 Å². The number of piperidine rings is 3. The molecule has 0 amide bonds. The van der Waals surface area contributed by atoms with Gasteiger partial charge in [-0.25, -0.2) is 0 Å². The van der Waals surface area contributed by atoms with E-state index in [-0.39, 0.29) is 6.10 Å². The molecule has 80 valence electrons. The first-order chi connectivity index (χ1) is 7.34. The maximum Gasteiger partial charge on any atom is 0.138 e. The van der Waals surface area contributed by atoms with E-state index in [1.165, 1.54) is 41.4 Å². The molecule has 0 unspecified atom stereocenters. The lowest BCUT2D eigenvalue weighted by Gasteiger charge is -2.40. The number of nitrogens with one attached hydrogen (secondary N) is 1. The molecule has 0 saturated carbocycles. The van der Waals surface area contributed by atoms with Gasteiger partial charge in [0, 0.05) is 29.7 Å². The van der Waals surface area contributed by atoms with Gasteiger partial charge in [-0.2, -0.15) is 0 Å². The number of aliphatic hydroxyl groups is 1. The van der Waals surface area contributed by atoms with Gasteiger partial charge in [-0.05, 0) is 11.4 Å². The minimum atomic E-state index is -0.190. The molecule has 0 aliphatic carbocycles. The van der Waals surface area contributed by atoms with Gasteiger partial charge < -0.3 is 10.0 Å².